The maximum atomic E-state index is 11.9. The molecule has 1 aromatic carbocycles. The van der Waals surface area contributed by atoms with Crippen molar-refractivity contribution in [3.05, 3.63) is 23.2 Å². The molecule has 3 nitrogen and oxygen atoms in total. The van der Waals surface area contributed by atoms with Crippen LogP contribution in [0.25, 0.3) is 0 Å². The fourth-order valence-electron chi connectivity index (χ4n) is 1.14. The second kappa shape index (κ2) is 5.58. The van der Waals surface area contributed by atoms with Crippen LogP contribution in [0.2, 0.25) is 5.02 Å². The number of nitrogens with two attached hydrogens (primary N) is 1. The molecule has 0 aromatic heterocycles. The lowest BCUT2D eigenvalue weighted by molar-refractivity contribution is -0.0326. The lowest BCUT2D eigenvalue weighted by Crippen LogP contribution is -2.13. The zero-order chi connectivity index (χ0) is 14.0. The summed E-state index contributed by atoms with van der Waals surface area (Å²) < 4.78 is 59.2. The molecule has 0 saturated carbocycles. The smallest absolute Gasteiger partial charge is 0.399 e. The summed E-state index contributed by atoms with van der Waals surface area (Å²) in [6.07, 6.45) is 0. The highest BCUT2D eigenvalue weighted by Crippen LogP contribution is 2.31. The number of nitrogen functional groups attached to an aromatic ring is 1. The van der Waals surface area contributed by atoms with Crippen LogP contribution in [0.4, 0.5) is 18.9 Å². The molecular formula is C9H9ClF3NO2S2. The first-order chi connectivity index (χ1) is 8.12. The van der Waals surface area contributed by atoms with Crippen molar-refractivity contribution in [3.8, 4) is 0 Å². The van der Waals surface area contributed by atoms with Crippen LogP contribution in [0.5, 0.6) is 0 Å². The zero-order valence-electron chi connectivity index (χ0n) is 8.87. The summed E-state index contributed by atoms with van der Waals surface area (Å²) in [6, 6.07) is 3.84. The maximum absolute atomic E-state index is 11.9. The van der Waals surface area contributed by atoms with Crippen LogP contribution >= 0.6 is 23.4 Å². The van der Waals surface area contributed by atoms with Crippen LogP contribution in [0.1, 0.15) is 0 Å². The molecule has 0 aliphatic rings. The third-order valence-corrected chi connectivity index (χ3v) is 5.09. The summed E-state index contributed by atoms with van der Waals surface area (Å²) in [5.41, 5.74) is 1.15. The predicted octanol–water partition coefficient (Wildman–Crippen LogP) is 2.95. The summed E-state index contributed by atoms with van der Waals surface area (Å²) in [5, 5.41) is -0.0544. The van der Waals surface area contributed by atoms with Gasteiger partial charge in [0.15, 0.2) is 9.84 Å². The summed E-state index contributed by atoms with van der Waals surface area (Å²) in [7, 11) is -3.87. The number of rotatable bonds is 4. The summed E-state index contributed by atoms with van der Waals surface area (Å²) in [4.78, 5) is -0.244. The maximum Gasteiger partial charge on any atom is 0.441 e. The summed E-state index contributed by atoms with van der Waals surface area (Å²) >= 11 is 5.30. The van der Waals surface area contributed by atoms with Crippen molar-refractivity contribution in [1.29, 1.82) is 0 Å². The Kier molecular flexibility index (Phi) is 4.79. The topological polar surface area (TPSA) is 60.2 Å². The molecule has 0 bridgehead atoms. The van der Waals surface area contributed by atoms with E-state index in [1.807, 2.05) is 0 Å². The molecule has 0 amide bonds. The second-order valence-corrected chi connectivity index (χ2v) is 6.95. The molecule has 0 aliphatic carbocycles. The quantitative estimate of drug-likeness (QED) is 0.867. The molecule has 2 N–H and O–H groups in total. The van der Waals surface area contributed by atoms with Crippen molar-refractivity contribution < 1.29 is 21.6 Å². The first-order valence-corrected chi connectivity index (χ1v) is 7.62. The van der Waals surface area contributed by atoms with E-state index in [4.69, 9.17) is 17.3 Å². The van der Waals surface area contributed by atoms with E-state index in [9.17, 15) is 21.6 Å². The minimum atomic E-state index is -4.45. The minimum Gasteiger partial charge on any atom is -0.399 e. The standard InChI is InChI=1S/C9H9ClF3NO2S2/c10-7-2-1-6(14)5-8(7)18(15,16)4-3-17-9(11,12)13/h1-2,5H,3-4,14H2. The van der Waals surface area contributed by atoms with Crippen molar-refractivity contribution in [2.75, 3.05) is 17.2 Å². The molecule has 0 atom stereocenters. The number of anilines is 1. The monoisotopic (exact) mass is 319 g/mol. The molecule has 0 spiro atoms. The highest BCUT2D eigenvalue weighted by atomic mass is 35.5. The van der Waals surface area contributed by atoms with Gasteiger partial charge in [0.25, 0.3) is 0 Å². The van der Waals surface area contributed by atoms with Gasteiger partial charge in [0, 0.05) is 11.4 Å². The van der Waals surface area contributed by atoms with Gasteiger partial charge in [0.05, 0.1) is 15.7 Å². The van der Waals surface area contributed by atoms with Gasteiger partial charge in [-0.05, 0) is 30.0 Å². The molecule has 0 radical (unpaired) electrons. The Balaban J connectivity index is 2.84. The van der Waals surface area contributed by atoms with Gasteiger partial charge in [0.2, 0.25) is 0 Å². The average Bonchev–Trinajstić information content (AvgIpc) is 2.19. The number of halogens is 4. The van der Waals surface area contributed by atoms with E-state index >= 15 is 0 Å². The molecule has 1 rings (SSSR count). The van der Waals surface area contributed by atoms with Crippen LogP contribution in [0.3, 0.4) is 0 Å². The van der Waals surface area contributed by atoms with E-state index in [1.165, 1.54) is 12.1 Å². The second-order valence-electron chi connectivity index (χ2n) is 3.30. The minimum absolute atomic E-state index is 0.0544. The van der Waals surface area contributed by atoms with Gasteiger partial charge in [-0.2, -0.15) is 13.2 Å². The average molecular weight is 320 g/mol. The third kappa shape index (κ3) is 4.58. The van der Waals surface area contributed by atoms with E-state index in [2.05, 4.69) is 0 Å². The number of benzene rings is 1. The fourth-order valence-corrected chi connectivity index (χ4v) is 3.95. The van der Waals surface area contributed by atoms with Crippen LogP contribution in [0, 0.1) is 0 Å². The molecule has 0 fully saturated rings. The highest BCUT2D eigenvalue weighted by molar-refractivity contribution is 8.01. The number of hydrogen-bond acceptors (Lipinski definition) is 4. The number of sulfone groups is 1. The largest absolute Gasteiger partial charge is 0.441 e. The van der Waals surface area contributed by atoms with Crippen molar-refractivity contribution >= 4 is 38.9 Å². The normalized spacial score (nSPS) is 12.7. The van der Waals surface area contributed by atoms with E-state index in [0.29, 0.717) is 0 Å². The summed E-state index contributed by atoms with van der Waals surface area (Å²) in [5.74, 6) is -1.24. The van der Waals surface area contributed by atoms with Crippen molar-refractivity contribution in [2.45, 2.75) is 10.4 Å². The van der Waals surface area contributed by atoms with Gasteiger partial charge < -0.3 is 5.73 Å². The lowest BCUT2D eigenvalue weighted by Gasteiger charge is -2.08. The van der Waals surface area contributed by atoms with E-state index < -0.39 is 26.9 Å². The van der Waals surface area contributed by atoms with E-state index in [-0.39, 0.29) is 27.4 Å². The molecular weight excluding hydrogens is 311 g/mol. The zero-order valence-corrected chi connectivity index (χ0v) is 11.3. The Labute approximate surface area is 111 Å². The summed E-state index contributed by atoms with van der Waals surface area (Å²) in [6.45, 7) is 0. The van der Waals surface area contributed by atoms with Gasteiger partial charge in [0.1, 0.15) is 0 Å². The molecule has 102 valence electrons. The Morgan fingerprint density at radius 2 is 1.94 bits per heavy atom. The number of alkyl halides is 3. The first-order valence-electron chi connectivity index (χ1n) is 4.60. The van der Waals surface area contributed by atoms with Gasteiger partial charge in [-0.25, -0.2) is 8.42 Å². The lowest BCUT2D eigenvalue weighted by atomic mass is 10.3. The fraction of sp³-hybridized carbons (Fsp3) is 0.333. The van der Waals surface area contributed by atoms with Crippen molar-refractivity contribution in [2.24, 2.45) is 0 Å². The van der Waals surface area contributed by atoms with Gasteiger partial charge >= 0.3 is 5.51 Å². The van der Waals surface area contributed by atoms with Crippen LogP contribution < -0.4 is 5.73 Å². The number of hydrogen-bond donors (Lipinski definition) is 1. The molecule has 0 saturated heterocycles. The molecule has 0 heterocycles. The molecule has 18 heavy (non-hydrogen) atoms. The predicted molar refractivity (Wildman–Crippen MR) is 66.4 cm³/mol. The van der Waals surface area contributed by atoms with Crippen LogP contribution in [-0.2, 0) is 9.84 Å². The van der Waals surface area contributed by atoms with Gasteiger partial charge in [-0.3, -0.25) is 0 Å². The third-order valence-electron chi connectivity index (χ3n) is 1.91. The van der Waals surface area contributed by atoms with Crippen LogP contribution in [-0.4, -0.2) is 25.4 Å². The molecule has 0 aliphatic heterocycles. The first kappa shape index (κ1) is 15.5. The molecule has 9 heteroatoms. The van der Waals surface area contributed by atoms with Crippen molar-refractivity contribution in [1.82, 2.24) is 0 Å². The Morgan fingerprint density at radius 1 is 1.33 bits per heavy atom. The van der Waals surface area contributed by atoms with Crippen molar-refractivity contribution in [3.63, 3.8) is 0 Å². The highest BCUT2D eigenvalue weighted by Gasteiger charge is 2.29. The Morgan fingerprint density at radius 3 is 2.50 bits per heavy atom. The van der Waals surface area contributed by atoms with E-state index in [0.717, 1.165) is 6.07 Å². The Hall–Kier alpha value is -0.600. The molecule has 0 unspecified atom stereocenters. The van der Waals surface area contributed by atoms with Crippen LogP contribution in [0.15, 0.2) is 23.1 Å². The van der Waals surface area contributed by atoms with Gasteiger partial charge in [-0.15, -0.1) is 0 Å². The van der Waals surface area contributed by atoms with Gasteiger partial charge in [-0.1, -0.05) is 11.6 Å². The Bertz CT molecular complexity index is 531. The SMILES string of the molecule is Nc1ccc(Cl)c(S(=O)(=O)CCSC(F)(F)F)c1. The van der Waals surface area contributed by atoms with E-state index in [1.54, 1.807) is 0 Å². The molecule has 1 aromatic rings. The number of thioether (sulfide) groups is 1.